The molecule has 0 aromatic heterocycles. The lowest BCUT2D eigenvalue weighted by Gasteiger charge is -2.13. The first kappa shape index (κ1) is 15.5. The highest BCUT2D eigenvalue weighted by Gasteiger charge is 2.17. The third kappa shape index (κ3) is 4.88. The fourth-order valence-electron chi connectivity index (χ4n) is 1.36. The maximum absolute atomic E-state index is 11.6. The average molecular weight is 284 g/mol. The molecule has 0 bridgehead atoms. The van der Waals surface area contributed by atoms with Crippen LogP contribution in [-0.4, -0.2) is 36.3 Å². The number of thioether (sulfide) groups is 1. The van der Waals surface area contributed by atoms with Crippen molar-refractivity contribution >= 4 is 23.4 Å². The molecular weight excluding hydrogens is 268 g/mol. The molecule has 0 spiro atoms. The number of carbonyl (C=O) groups is 1. The molecule has 19 heavy (non-hydrogen) atoms. The zero-order valence-corrected chi connectivity index (χ0v) is 11.6. The van der Waals surface area contributed by atoms with Gasteiger partial charge in [0.15, 0.2) is 0 Å². The summed E-state index contributed by atoms with van der Waals surface area (Å²) >= 11 is 1.44. The molecule has 0 aliphatic rings. The van der Waals surface area contributed by atoms with Crippen molar-refractivity contribution in [2.45, 2.75) is 17.9 Å². The average Bonchev–Trinajstić information content (AvgIpc) is 2.40. The van der Waals surface area contributed by atoms with E-state index >= 15 is 0 Å². The molecule has 0 saturated heterocycles. The summed E-state index contributed by atoms with van der Waals surface area (Å²) in [6.07, 6.45) is 0. The summed E-state index contributed by atoms with van der Waals surface area (Å²) in [5.41, 5.74) is 0.0555. The molecule has 6 nitrogen and oxygen atoms in total. The van der Waals surface area contributed by atoms with E-state index in [1.807, 2.05) is 0 Å². The normalized spacial score (nSPS) is 11.9. The summed E-state index contributed by atoms with van der Waals surface area (Å²) in [6, 6.07) is 5.84. The Morgan fingerprint density at radius 3 is 2.58 bits per heavy atom. The number of hydrogen-bond donors (Lipinski definition) is 1. The molecule has 1 unspecified atom stereocenters. The number of ether oxygens (including phenoxy) is 1. The van der Waals surface area contributed by atoms with Crippen LogP contribution in [0.5, 0.6) is 0 Å². The van der Waals surface area contributed by atoms with Crippen LogP contribution in [0.25, 0.3) is 0 Å². The third-order valence-corrected chi connectivity index (χ3v) is 3.49. The standard InChI is InChI=1S/C12H16N2O4S/c1-3-18-12(15)11(13-2)8-19-10-6-4-9(5-7-10)14(16)17/h4-7,11,13H,3,8H2,1-2H3. The number of nitro benzene ring substituents is 1. The van der Waals surface area contributed by atoms with Crippen LogP contribution in [0.1, 0.15) is 6.92 Å². The molecule has 0 saturated carbocycles. The zero-order chi connectivity index (χ0) is 14.3. The van der Waals surface area contributed by atoms with Crippen LogP contribution in [0.2, 0.25) is 0 Å². The molecule has 0 fully saturated rings. The predicted molar refractivity (Wildman–Crippen MR) is 73.3 cm³/mol. The fourth-order valence-corrected chi connectivity index (χ4v) is 2.35. The first-order valence-electron chi connectivity index (χ1n) is 5.79. The Morgan fingerprint density at radius 1 is 1.47 bits per heavy atom. The van der Waals surface area contributed by atoms with Crippen molar-refractivity contribution in [2.24, 2.45) is 0 Å². The molecule has 1 N–H and O–H groups in total. The van der Waals surface area contributed by atoms with Crippen molar-refractivity contribution in [3.05, 3.63) is 34.4 Å². The van der Waals surface area contributed by atoms with Gasteiger partial charge in [-0.3, -0.25) is 14.9 Å². The summed E-state index contributed by atoms with van der Waals surface area (Å²) < 4.78 is 4.93. The van der Waals surface area contributed by atoms with Gasteiger partial charge in [0.25, 0.3) is 5.69 Å². The van der Waals surface area contributed by atoms with Crippen LogP contribution >= 0.6 is 11.8 Å². The van der Waals surface area contributed by atoms with Gasteiger partial charge in [-0.15, -0.1) is 11.8 Å². The summed E-state index contributed by atoms with van der Waals surface area (Å²) in [7, 11) is 1.69. The van der Waals surface area contributed by atoms with E-state index < -0.39 is 4.92 Å². The minimum atomic E-state index is -0.441. The zero-order valence-electron chi connectivity index (χ0n) is 10.8. The van der Waals surface area contributed by atoms with Crippen LogP contribution in [0.3, 0.4) is 0 Å². The van der Waals surface area contributed by atoms with Crippen molar-refractivity contribution in [3.63, 3.8) is 0 Å². The molecule has 104 valence electrons. The molecule has 7 heteroatoms. The van der Waals surface area contributed by atoms with Crippen molar-refractivity contribution in [2.75, 3.05) is 19.4 Å². The number of nitrogens with zero attached hydrogens (tertiary/aromatic N) is 1. The lowest BCUT2D eigenvalue weighted by atomic mass is 10.3. The van der Waals surface area contributed by atoms with E-state index in [4.69, 9.17) is 4.74 Å². The number of esters is 1. The number of nitro groups is 1. The SMILES string of the molecule is CCOC(=O)C(CSc1ccc([N+](=O)[O-])cc1)NC. The molecule has 1 rings (SSSR count). The van der Waals surface area contributed by atoms with Crippen LogP contribution < -0.4 is 5.32 Å². The topological polar surface area (TPSA) is 81.5 Å². The smallest absolute Gasteiger partial charge is 0.323 e. The Labute approximate surface area is 115 Å². The second-order valence-corrected chi connectivity index (χ2v) is 4.75. The number of nitrogens with one attached hydrogen (secondary N) is 1. The van der Waals surface area contributed by atoms with Crippen molar-refractivity contribution in [1.29, 1.82) is 0 Å². The van der Waals surface area contributed by atoms with Crippen molar-refractivity contribution < 1.29 is 14.5 Å². The number of likely N-dealkylation sites (N-methyl/N-ethyl adjacent to an activating group) is 1. The molecule has 1 aromatic rings. The molecular formula is C12H16N2O4S. The van der Waals surface area contributed by atoms with Gasteiger partial charge in [-0.1, -0.05) is 0 Å². The Bertz CT molecular complexity index is 436. The van der Waals surface area contributed by atoms with Gasteiger partial charge >= 0.3 is 5.97 Å². The quantitative estimate of drug-likeness (QED) is 0.356. The molecule has 0 radical (unpaired) electrons. The third-order valence-electron chi connectivity index (χ3n) is 2.38. The van der Waals surface area contributed by atoms with Gasteiger partial charge in [0, 0.05) is 22.8 Å². The molecule has 0 heterocycles. The molecule has 0 aliphatic carbocycles. The first-order valence-corrected chi connectivity index (χ1v) is 6.78. The summed E-state index contributed by atoms with van der Waals surface area (Å²) in [6.45, 7) is 2.10. The maximum atomic E-state index is 11.6. The van der Waals surface area contributed by atoms with E-state index in [0.29, 0.717) is 12.4 Å². The van der Waals surface area contributed by atoms with Crippen molar-refractivity contribution in [3.8, 4) is 0 Å². The molecule has 0 aliphatic heterocycles. The van der Waals surface area contributed by atoms with E-state index in [1.54, 1.807) is 26.1 Å². The van der Waals surface area contributed by atoms with Gasteiger partial charge in [-0.05, 0) is 26.1 Å². The van der Waals surface area contributed by atoms with Crippen LogP contribution in [0.15, 0.2) is 29.2 Å². The lowest BCUT2D eigenvalue weighted by molar-refractivity contribution is -0.384. The van der Waals surface area contributed by atoms with Crippen LogP contribution in [0.4, 0.5) is 5.69 Å². The number of benzene rings is 1. The Morgan fingerprint density at radius 2 is 2.11 bits per heavy atom. The van der Waals surface area contributed by atoms with E-state index in [9.17, 15) is 14.9 Å². The van der Waals surface area contributed by atoms with Gasteiger partial charge in [0.1, 0.15) is 6.04 Å². The van der Waals surface area contributed by atoms with Crippen LogP contribution in [0, 0.1) is 10.1 Å². The van der Waals surface area contributed by atoms with Gasteiger partial charge in [-0.2, -0.15) is 0 Å². The largest absolute Gasteiger partial charge is 0.465 e. The first-order chi connectivity index (χ1) is 9.08. The second-order valence-electron chi connectivity index (χ2n) is 3.66. The highest BCUT2D eigenvalue weighted by atomic mass is 32.2. The lowest BCUT2D eigenvalue weighted by Crippen LogP contribution is -2.37. The molecule has 1 atom stereocenters. The van der Waals surface area contributed by atoms with Gasteiger partial charge in [-0.25, -0.2) is 0 Å². The van der Waals surface area contributed by atoms with Gasteiger partial charge < -0.3 is 10.1 Å². The highest BCUT2D eigenvalue weighted by Crippen LogP contribution is 2.22. The van der Waals surface area contributed by atoms with E-state index in [1.165, 1.54) is 23.9 Å². The Kier molecular flexibility index (Phi) is 6.31. The summed E-state index contributed by atoms with van der Waals surface area (Å²) in [5, 5.41) is 13.4. The fraction of sp³-hybridized carbons (Fsp3) is 0.417. The minimum absolute atomic E-state index is 0.0555. The van der Waals surface area contributed by atoms with E-state index in [0.717, 1.165) is 4.90 Å². The van der Waals surface area contributed by atoms with E-state index in [-0.39, 0.29) is 17.7 Å². The van der Waals surface area contributed by atoms with Gasteiger partial charge in [0.2, 0.25) is 0 Å². The summed E-state index contributed by atoms with van der Waals surface area (Å²) in [4.78, 5) is 22.5. The molecule has 1 aromatic carbocycles. The second kappa shape index (κ2) is 7.75. The Hall–Kier alpha value is -1.60. The number of non-ortho nitro benzene ring substituents is 1. The van der Waals surface area contributed by atoms with E-state index in [2.05, 4.69) is 5.32 Å². The predicted octanol–water partition coefficient (Wildman–Crippen LogP) is 1.84. The number of carbonyl (C=O) groups excluding carboxylic acids is 1. The minimum Gasteiger partial charge on any atom is -0.465 e. The van der Waals surface area contributed by atoms with Crippen molar-refractivity contribution in [1.82, 2.24) is 5.32 Å². The monoisotopic (exact) mass is 284 g/mol. The van der Waals surface area contributed by atoms with Gasteiger partial charge in [0.05, 0.1) is 11.5 Å². The number of hydrogen-bond acceptors (Lipinski definition) is 6. The Balaban J connectivity index is 2.55. The summed E-state index contributed by atoms with van der Waals surface area (Å²) in [5.74, 6) is 0.215. The highest BCUT2D eigenvalue weighted by molar-refractivity contribution is 7.99. The number of rotatable bonds is 7. The van der Waals surface area contributed by atoms with Crippen LogP contribution in [-0.2, 0) is 9.53 Å². The maximum Gasteiger partial charge on any atom is 0.323 e. The molecule has 0 amide bonds.